The molecule has 1 heterocycles. The zero-order valence-electron chi connectivity index (χ0n) is 20.2. The predicted octanol–water partition coefficient (Wildman–Crippen LogP) is 4.59. The molecule has 0 atom stereocenters. The molecule has 0 aliphatic carbocycles. The van der Waals surface area contributed by atoms with Crippen molar-refractivity contribution in [3.05, 3.63) is 71.4 Å². The highest BCUT2D eigenvalue weighted by atomic mass is 16.5. The number of methoxy groups -OCH3 is 1. The standard InChI is InChI=1S/C26H32N4O3/c1-7-29(25(32)19-10-14-21(33-6)15-11-19)17-24(31)27-23-16-22(26(3,4)5)28-30(23)20-12-8-18(2)9-13-20/h8-16H,7,17H2,1-6H3,(H,27,31). The molecule has 2 amide bonds. The number of rotatable bonds is 7. The van der Waals surface area contributed by atoms with E-state index >= 15 is 0 Å². The molecule has 0 spiro atoms. The number of benzene rings is 2. The highest BCUT2D eigenvalue weighted by molar-refractivity contribution is 5.99. The maximum absolute atomic E-state index is 12.9. The highest BCUT2D eigenvalue weighted by Crippen LogP contribution is 2.26. The summed E-state index contributed by atoms with van der Waals surface area (Å²) in [5.74, 6) is 0.748. The number of amides is 2. The fraction of sp³-hybridized carbons (Fsp3) is 0.346. The maximum Gasteiger partial charge on any atom is 0.254 e. The summed E-state index contributed by atoms with van der Waals surface area (Å²) in [6.45, 7) is 10.4. The van der Waals surface area contributed by atoms with Crippen LogP contribution in [0.4, 0.5) is 5.82 Å². The molecule has 0 aliphatic heterocycles. The minimum absolute atomic E-state index is 0.0642. The molecule has 1 N–H and O–H groups in total. The van der Waals surface area contributed by atoms with E-state index in [1.807, 2.05) is 44.2 Å². The highest BCUT2D eigenvalue weighted by Gasteiger charge is 2.23. The van der Waals surface area contributed by atoms with E-state index in [-0.39, 0.29) is 23.8 Å². The van der Waals surface area contributed by atoms with Gasteiger partial charge in [0, 0.05) is 23.6 Å². The average molecular weight is 449 g/mol. The van der Waals surface area contributed by atoms with Crippen molar-refractivity contribution in [2.75, 3.05) is 25.5 Å². The largest absolute Gasteiger partial charge is 0.497 e. The van der Waals surface area contributed by atoms with Gasteiger partial charge in [-0.2, -0.15) is 5.10 Å². The van der Waals surface area contributed by atoms with Crippen LogP contribution in [-0.2, 0) is 10.2 Å². The van der Waals surface area contributed by atoms with E-state index in [4.69, 9.17) is 9.84 Å². The second-order valence-electron chi connectivity index (χ2n) is 9.01. The molecule has 33 heavy (non-hydrogen) atoms. The van der Waals surface area contributed by atoms with Crippen LogP contribution in [0.2, 0.25) is 0 Å². The summed E-state index contributed by atoms with van der Waals surface area (Å²) in [5.41, 5.74) is 3.18. The van der Waals surface area contributed by atoms with Crippen molar-refractivity contribution >= 4 is 17.6 Å². The van der Waals surface area contributed by atoms with Crippen molar-refractivity contribution < 1.29 is 14.3 Å². The van der Waals surface area contributed by atoms with Gasteiger partial charge in [-0.3, -0.25) is 9.59 Å². The Morgan fingerprint density at radius 2 is 1.70 bits per heavy atom. The van der Waals surface area contributed by atoms with Crippen LogP contribution in [-0.4, -0.2) is 46.7 Å². The minimum atomic E-state index is -0.285. The monoisotopic (exact) mass is 448 g/mol. The number of carbonyl (C=O) groups excluding carboxylic acids is 2. The number of hydrogen-bond donors (Lipinski definition) is 1. The number of aryl methyl sites for hydroxylation is 1. The minimum Gasteiger partial charge on any atom is -0.497 e. The SMILES string of the molecule is CCN(CC(=O)Nc1cc(C(C)(C)C)nn1-c1ccc(C)cc1)C(=O)c1ccc(OC)cc1. The third-order valence-corrected chi connectivity index (χ3v) is 5.36. The Labute approximate surface area is 195 Å². The van der Waals surface area contributed by atoms with Crippen LogP contribution in [0.5, 0.6) is 5.75 Å². The van der Waals surface area contributed by atoms with Crippen molar-refractivity contribution in [3.63, 3.8) is 0 Å². The number of nitrogens with zero attached hydrogens (tertiary/aromatic N) is 3. The van der Waals surface area contributed by atoms with Gasteiger partial charge in [0.25, 0.3) is 5.91 Å². The first-order valence-electron chi connectivity index (χ1n) is 11.0. The van der Waals surface area contributed by atoms with Crippen LogP contribution < -0.4 is 10.1 Å². The molecule has 0 radical (unpaired) electrons. The van der Waals surface area contributed by atoms with E-state index in [1.54, 1.807) is 36.1 Å². The second-order valence-corrected chi connectivity index (χ2v) is 9.01. The Hall–Kier alpha value is -3.61. The number of nitrogens with one attached hydrogen (secondary N) is 1. The molecule has 0 saturated carbocycles. The fourth-order valence-electron chi connectivity index (χ4n) is 3.32. The molecule has 7 heteroatoms. The van der Waals surface area contributed by atoms with E-state index in [9.17, 15) is 9.59 Å². The van der Waals surface area contributed by atoms with Gasteiger partial charge in [-0.05, 0) is 50.2 Å². The van der Waals surface area contributed by atoms with E-state index < -0.39 is 0 Å². The first kappa shape index (κ1) is 24.0. The summed E-state index contributed by atoms with van der Waals surface area (Å²) >= 11 is 0. The van der Waals surface area contributed by atoms with Gasteiger partial charge in [0.2, 0.25) is 5.91 Å². The molecule has 3 rings (SSSR count). The summed E-state index contributed by atoms with van der Waals surface area (Å²) in [4.78, 5) is 27.4. The van der Waals surface area contributed by atoms with Gasteiger partial charge in [0.1, 0.15) is 18.1 Å². The van der Waals surface area contributed by atoms with Gasteiger partial charge >= 0.3 is 0 Å². The molecule has 0 fully saturated rings. The topological polar surface area (TPSA) is 76.5 Å². The van der Waals surface area contributed by atoms with Crippen molar-refractivity contribution in [1.82, 2.24) is 14.7 Å². The number of aromatic nitrogens is 2. The molecule has 1 aromatic heterocycles. The first-order valence-corrected chi connectivity index (χ1v) is 11.0. The first-order chi connectivity index (χ1) is 15.6. The van der Waals surface area contributed by atoms with Gasteiger partial charge in [-0.1, -0.05) is 38.5 Å². The number of anilines is 1. The Kier molecular flexibility index (Phi) is 7.21. The zero-order chi connectivity index (χ0) is 24.2. The lowest BCUT2D eigenvalue weighted by molar-refractivity contribution is -0.116. The summed E-state index contributed by atoms with van der Waals surface area (Å²) in [6, 6.07) is 16.7. The number of likely N-dealkylation sites (N-methyl/N-ethyl adjacent to an activating group) is 1. The van der Waals surface area contributed by atoms with Gasteiger partial charge in [-0.25, -0.2) is 4.68 Å². The van der Waals surface area contributed by atoms with E-state index in [1.165, 1.54) is 4.90 Å². The van der Waals surface area contributed by atoms with Crippen molar-refractivity contribution in [2.24, 2.45) is 0 Å². The number of ether oxygens (including phenoxy) is 1. The lowest BCUT2D eigenvalue weighted by Gasteiger charge is -2.20. The maximum atomic E-state index is 12.9. The number of hydrogen-bond acceptors (Lipinski definition) is 4. The van der Waals surface area contributed by atoms with Crippen LogP contribution in [0, 0.1) is 6.92 Å². The van der Waals surface area contributed by atoms with Crippen molar-refractivity contribution in [3.8, 4) is 11.4 Å². The molecule has 174 valence electrons. The lowest BCUT2D eigenvalue weighted by atomic mass is 9.92. The summed E-state index contributed by atoms with van der Waals surface area (Å²) in [5, 5.41) is 7.70. The van der Waals surface area contributed by atoms with Crippen LogP contribution in [0.25, 0.3) is 5.69 Å². The average Bonchev–Trinajstić information content (AvgIpc) is 3.21. The number of carbonyl (C=O) groups is 2. The third kappa shape index (κ3) is 5.80. The molecule has 7 nitrogen and oxygen atoms in total. The van der Waals surface area contributed by atoms with Gasteiger partial charge in [0.05, 0.1) is 18.5 Å². The Balaban J connectivity index is 1.81. The van der Waals surface area contributed by atoms with E-state index in [2.05, 4.69) is 26.1 Å². The normalized spacial score (nSPS) is 11.2. The molecule has 0 unspecified atom stereocenters. The fourth-order valence-corrected chi connectivity index (χ4v) is 3.32. The zero-order valence-corrected chi connectivity index (χ0v) is 20.2. The molecule has 0 aliphatic rings. The smallest absolute Gasteiger partial charge is 0.254 e. The van der Waals surface area contributed by atoms with E-state index in [0.717, 1.165) is 16.9 Å². The summed E-state index contributed by atoms with van der Waals surface area (Å²) in [6.07, 6.45) is 0. The third-order valence-electron chi connectivity index (χ3n) is 5.36. The molecular formula is C26H32N4O3. The molecular weight excluding hydrogens is 416 g/mol. The predicted molar refractivity (Wildman–Crippen MR) is 130 cm³/mol. The van der Waals surface area contributed by atoms with Crippen molar-refractivity contribution in [1.29, 1.82) is 0 Å². The molecule has 3 aromatic rings. The van der Waals surface area contributed by atoms with Crippen LogP contribution >= 0.6 is 0 Å². The Morgan fingerprint density at radius 1 is 1.06 bits per heavy atom. The Bertz CT molecular complexity index is 1110. The quantitative estimate of drug-likeness (QED) is 0.574. The van der Waals surface area contributed by atoms with Crippen molar-refractivity contribution in [2.45, 2.75) is 40.0 Å². The molecule has 2 aromatic carbocycles. The van der Waals surface area contributed by atoms with Gasteiger partial charge < -0.3 is 15.0 Å². The van der Waals surface area contributed by atoms with Crippen LogP contribution in [0.3, 0.4) is 0 Å². The van der Waals surface area contributed by atoms with Crippen LogP contribution in [0.15, 0.2) is 54.6 Å². The van der Waals surface area contributed by atoms with E-state index in [0.29, 0.717) is 23.7 Å². The van der Waals surface area contributed by atoms with Gasteiger partial charge in [0.15, 0.2) is 0 Å². The molecule has 0 bridgehead atoms. The van der Waals surface area contributed by atoms with Crippen LogP contribution in [0.1, 0.15) is 49.3 Å². The summed E-state index contributed by atoms with van der Waals surface area (Å²) in [7, 11) is 1.58. The van der Waals surface area contributed by atoms with Gasteiger partial charge in [-0.15, -0.1) is 0 Å². The Morgan fingerprint density at radius 3 is 2.24 bits per heavy atom. The second kappa shape index (κ2) is 9.90. The molecule has 0 saturated heterocycles. The lowest BCUT2D eigenvalue weighted by Crippen LogP contribution is -2.38. The summed E-state index contributed by atoms with van der Waals surface area (Å²) < 4.78 is 6.88.